The molecular formula is C17H22O. The van der Waals surface area contributed by atoms with Gasteiger partial charge in [0.15, 0.2) is 0 Å². The predicted molar refractivity (Wildman–Crippen MR) is 73.6 cm³/mol. The highest BCUT2D eigenvalue weighted by Crippen LogP contribution is 2.47. The van der Waals surface area contributed by atoms with Crippen LogP contribution in [-0.2, 0) is 10.2 Å². The van der Waals surface area contributed by atoms with E-state index in [2.05, 4.69) is 24.3 Å². The fourth-order valence-electron chi connectivity index (χ4n) is 3.72. The molecular weight excluding hydrogens is 220 g/mol. The smallest absolute Gasteiger partial charge is 0.146 e. The Kier molecular flexibility index (Phi) is 3.23. The monoisotopic (exact) mass is 242 g/mol. The van der Waals surface area contributed by atoms with Crippen molar-refractivity contribution in [3.63, 3.8) is 0 Å². The number of carbonyl (C=O) groups is 1. The standard InChI is InChI=1S/C17H22O/c18-16(14-8-3-1-4-9-14)17(12-7-13-17)15-10-5-2-6-11-15/h2,5-6,10-11,14H,1,3-4,7-9,12-13H2. The maximum absolute atomic E-state index is 12.9. The normalized spacial score (nSPS) is 23.3. The van der Waals surface area contributed by atoms with Crippen LogP contribution in [0.3, 0.4) is 0 Å². The molecule has 0 amide bonds. The van der Waals surface area contributed by atoms with Gasteiger partial charge in [0.2, 0.25) is 0 Å². The topological polar surface area (TPSA) is 17.1 Å². The Hall–Kier alpha value is -1.11. The van der Waals surface area contributed by atoms with Gasteiger partial charge in [-0.25, -0.2) is 0 Å². The van der Waals surface area contributed by atoms with Crippen molar-refractivity contribution in [1.82, 2.24) is 0 Å². The maximum Gasteiger partial charge on any atom is 0.146 e. The van der Waals surface area contributed by atoms with Gasteiger partial charge < -0.3 is 0 Å². The molecule has 2 saturated carbocycles. The Morgan fingerprint density at radius 2 is 1.61 bits per heavy atom. The van der Waals surface area contributed by atoms with E-state index in [0.29, 0.717) is 11.7 Å². The van der Waals surface area contributed by atoms with Crippen LogP contribution in [0.1, 0.15) is 56.9 Å². The molecule has 0 spiro atoms. The average molecular weight is 242 g/mol. The minimum absolute atomic E-state index is 0.108. The summed E-state index contributed by atoms with van der Waals surface area (Å²) in [4.78, 5) is 12.9. The molecule has 1 nitrogen and oxygen atoms in total. The van der Waals surface area contributed by atoms with Crippen molar-refractivity contribution in [2.75, 3.05) is 0 Å². The molecule has 0 unspecified atom stereocenters. The molecule has 1 aromatic carbocycles. The zero-order valence-electron chi connectivity index (χ0n) is 11.0. The maximum atomic E-state index is 12.9. The molecule has 0 heterocycles. The second kappa shape index (κ2) is 4.87. The van der Waals surface area contributed by atoms with E-state index >= 15 is 0 Å². The fourth-order valence-corrected chi connectivity index (χ4v) is 3.72. The Morgan fingerprint density at radius 3 is 2.17 bits per heavy atom. The number of ketones is 1. The predicted octanol–water partition coefficient (Wildman–Crippen LogP) is 4.26. The molecule has 2 aliphatic carbocycles. The summed E-state index contributed by atoms with van der Waals surface area (Å²) in [6.45, 7) is 0. The Bertz CT molecular complexity index is 410. The molecule has 1 heteroatoms. The van der Waals surface area contributed by atoms with Crippen molar-refractivity contribution < 1.29 is 4.79 Å². The molecule has 2 aliphatic rings. The van der Waals surface area contributed by atoms with E-state index in [0.717, 1.165) is 25.7 Å². The SMILES string of the molecule is O=C(C1CCCCC1)C1(c2ccccc2)CCC1. The van der Waals surface area contributed by atoms with Crippen molar-refractivity contribution in [1.29, 1.82) is 0 Å². The van der Waals surface area contributed by atoms with Crippen molar-refractivity contribution in [2.45, 2.75) is 56.8 Å². The average Bonchev–Trinajstić information content (AvgIpc) is 2.40. The largest absolute Gasteiger partial charge is 0.298 e. The lowest BCUT2D eigenvalue weighted by atomic mass is 9.58. The number of hydrogen-bond acceptors (Lipinski definition) is 1. The Labute approximate surface area is 110 Å². The Morgan fingerprint density at radius 1 is 0.944 bits per heavy atom. The first-order valence-corrected chi connectivity index (χ1v) is 7.43. The van der Waals surface area contributed by atoms with Gasteiger partial charge in [-0.15, -0.1) is 0 Å². The third-order valence-corrected chi connectivity index (χ3v) is 4.98. The van der Waals surface area contributed by atoms with Crippen molar-refractivity contribution in [2.24, 2.45) is 5.92 Å². The summed E-state index contributed by atoms with van der Waals surface area (Å²) in [7, 11) is 0. The fraction of sp³-hybridized carbons (Fsp3) is 0.588. The van der Waals surface area contributed by atoms with E-state index < -0.39 is 0 Å². The summed E-state index contributed by atoms with van der Waals surface area (Å²) < 4.78 is 0. The van der Waals surface area contributed by atoms with Crippen molar-refractivity contribution in [3.8, 4) is 0 Å². The zero-order chi connectivity index (χ0) is 12.4. The van der Waals surface area contributed by atoms with Crippen LogP contribution in [0.4, 0.5) is 0 Å². The van der Waals surface area contributed by atoms with E-state index in [4.69, 9.17) is 0 Å². The number of rotatable bonds is 3. The van der Waals surface area contributed by atoms with Gasteiger partial charge in [0.05, 0.1) is 5.41 Å². The van der Waals surface area contributed by atoms with Crippen molar-refractivity contribution in [3.05, 3.63) is 35.9 Å². The lowest BCUT2D eigenvalue weighted by Crippen LogP contribution is -2.46. The molecule has 0 N–H and O–H groups in total. The highest BCUT2D eigenvalue weighted by Gasteiger charge is 2.47. The molecule has 2 fully saturated rings. The van der Waals surface area contributed by atoms with Gasteiger partial charge in [-0.3, -0.25) is 4.79 Å². The minimum Gasteiger partial charge on any atom is -0.298 e. The van der Waals surface area contributed by atoms with E-state index in [1.54, 1.807) is 0 Å². The summed E-state index contributed by atoms with van der Waals surface area (Å²) in [5, 5.41) is 0. The lowest BCUT2D eigenvalue weighted by molar-refractivity contribution is -0.132. The van der Waals surface area contributed by atoms with Crippen LogP contribution >= 0.6 is 0 Å². The highest BCUT2D eigenvalue weighted by molar-refractivity contribution is 5.93. The summed E-state index contributed by atoms with van der Waals surface area (Å²) in [6.07, 6.45) is 9.46. The molecule has 0 aromatic heterocycles. The van der Waals surface area contributed by atoms with Crippen LogP contribution in [0.25, 0.3) is 0 Å². The summed E-state index contributed by atoms with van der Waals surface area (Å²) >= 11 is 0. The third-order valence-electron chi connectivity index (χ3n) is 4.98. The van der Waals surface area contributed by atoms with Gasteiger partial charge in [-0.1, -0.05) is 56.0 Å². The van der Waals surface area contributed by atoms with Crippen LogP contribution in [0.5, 0.6) is 0 Å². The van der Waals surface area contributed by atoms with Crippen molar-refractivity contribution >= 4 is 5.78 Å². The minimum atomic E-state index is -0.108. The second-order valence-electron chi connectivity index (χ2n) is 6.00. The molecule has 0 aliphatic heterocycles. The van der Waals surface area contributed by atoms with E-state index in [-0.39, 0.29) is 5.41 Å². The molecule has 0 bridgehead atoms. The zero-order valence-corrected chi connectivity index (χ0v) is 11.0. The van der Waals surface area contributed by atoms with Gasteiger partial charge in [-0.05, 0) is 31.2 Å². The van der Waals surface area contributed by atoms with Crippen LogP contribution in [0.2, 0.25) is 0 Å². The van der Waals surface area contributed by atoms with Gasteiger partial charge in [0.1, 0.15) is 5.78 Å². The van der Waals surface area contributed by atoms with Gasteiger partial charge in [0.25, 0.3) is 0 Å². The molecule has 18 heavy (non-hydrogen) atoms. The quantitative estimate of drug-likeness (QED) is 0.774. The summed E-state index contributed by atoms with van der Waals surface area (Å²) in [6, 6.07) is 10.5. The van der Waals surface area contributed by atoms with Gasteiger partial charge in [-0.2, -0.15) is 0 Å². The van der Waals surface area contributed by atoms with E-state index in [9.17, 15) is 4.79 Å². The molecule has 96 valence electrons. The molecule has 0 saturated heterocycles. The van der Waals surface area contributed by atoms with Crippen LogP contribution in [0.15, 0.2) is 30.3 Å². The lowest BCUT2D eigenvalue weighted by Gasteiger charge is -2.43. The number of Topliss-reactive ketones (excluding diaryl/α,β-unsaturated/α-hetero) is 1. The van der Waals surface area contributed by atoms with E-state index in [1.807, 2.05) is 6.07 Å². The second-order valence-corrected chi connectivity index (χ2v) is 6.00. The van der Waals surface area contributed by atoms with Gasteiger partial charge >= 0.3 is 0 Å². The molecule has 3 rings (SSSR count). The first-order chi connectivity index (χ1) is 8.83. The summed E-state index contributed by atoms with van der Waals surface area (Å²) in [5.41, 5.74) is 1.16. The van der Waals surface area contributed by atoms with Gasteiger partial charge in [0, 0.05) is 5.92 Å². The summed E-state index contributed by atoms with van der Waals surface area (Å²) in [5.74, 6) is 0.902. The van der Waals surface area contributed by atoms with Crippen LogP contribution in [0, 0.1) is 5.92 Å². The number of hydrogen-bond donors (Lipinski definition) is 0. The first-order valence-electron chi connectivity index (χ1n) is 7.43. The number of carbonyl (C=O) groups excluding carboxylic acids is 1. The molecule has 0 radical (unpaired) electrons. The third kappa shape index (κ3) is 1.90. The number of benzene rings is 1. The van der Waals surface area contributed by atoms with Crippen LogP contribution in [-0.4, -0.2) is 5.78 Å². The van der Waals surface area contributed by atoms with Crippen LogP contribution < -0.4 is 0 Å². The molecule has 0 atom stereocenters. The first kappa shape index (κ1) is 12.0. The molecule has 1 aromatic rings. The highest BCUT2D eigenvalue weighted by atomic mass is 16.1. The van der Waals surface area contributed by atoms with E-state index in [1.165, 1.54) is 31.2 Å². The Balaban J connectivity index is 1.85.